The van der Waals surface area contributed by atoms with E-state index in [0.717, 1.165) is 22.2 Å². The van der Waals surface area contributed by atoms with E-state index in [2.05, 4.69) is 10.1 Å². The van der Waals surface area contributed by atoms with Gasteiger partial charge in [-0.3, -0.25) is 14.9 Å². The lowest BCUT2D eigenvalue weighted by molar-refractivity contribution is -0.385. The lowest BCUT2D eigenvalue weighted by Crippen LogP contribution is -2.23. The largest absolute Gasteiger partial charge is 0.487 e. The van der Waals surface area contributed by atoms with Gasteiger partial charge in [-0.1, -0.05) is 47.7 Å². The van der Waals surface area contributed by atoms with Gasteiger partial charge in [0.25, 0.3) is 5.56 Å². The highest BCUT2D eigenvalue weighted by Crippen LogP contribution is 2.34. The molecule has 0 aliphatic rings. The Morgan fingerprint density at radius 2 is 1.86 bits per heavy atom. The molecule has 0 amide bonds. The standard InChI is InChI=1S/C31H22N6O5S/c1-3-41-25-14-13-19(15-23(25)37(39)40)27-20(17-35(33-27)21-9-5-4-6-10-21)16-26-30(38)36-31(43-26)32-29(34-36)28-18(2)22-11-7-8-12-24(22)42-28/h4-17H,3H2,1-2H3/b26-16-. The number of fused-ring (bicyclic) bond motifs is 2. The van der Waals surface area contributed by atoms with Crippen LogP contribution in [0.1, 0.15) is 18.1 Å². The van der Waals surface area contributed by atoms with Gasteiger partial charge in [-0.25, -0.2) is 4.68 Å². The highest BCUT2D eigenvalue weighted by molar-refractivity contribution is 7.15. The molecule has 7 aromatic rings. The maximum atomic E-state index is 13.5. The van der Waals surface area contributed by atoms with E-state index in [1.165, 1.54) is 21.9 Å². The van der Waals surface area contributed by atoms with E-state index in [1.807, 2.05) is 61.5 Å². The zero-order valence-electron chi connectivity index (χ0n) is 22.9. The molecule has 0 spiro atoms. The van der Waals surface area contributed by atoms with Crippen molar-refractivity contribution in [3.63, 3.8) is 0 Å². The summed E-state index contributed by atoms with van der Waals surface area (Å²) in [5.41, 5.74) is 3.46. The number of furan rings is 1. The summed E-state index contributed by atoms with van der Waals surface area (Å²) in [6.07, 6.45) is 3.49. The van der Waals surface area contributed by atoms with E-state index < -0.39 is 4.92 Å². The van der Waals surface area contributed by atoms with E-state index >= 15 is 0 Å². The van der Waals surface area contributed by atoms with Crippen molar-refractivity contribution < 1.29 is 14.1 Å². The fraction of sp³-hybridized carbons (Fsp3) is 0.0968. The van der Waals surface area contributed by atoms with Crippen molar-refractivity contribution in [2.24, 2.45) is 0 Å². The van der Waals surface area contributed by atoms with Crippen LogP contribution in [0.15, 0.2) is 88.2 Å². The Hall–Kier alpha value is -5.62. The summed E-state index contributed by atoms with van der Waals surface area (Å²) in [6, 6.07) is 21.8. The third-order valence-electron chi connectivity index (χ3n) is 7.01. The van der Waals surface area contributed by atoms with Crippen LogP contribution in [-0.2, 0) is 0 Å². The molecule has 4 aromatic heterocycles. The molecule has 0 unspecified atom stereocenters. The second-order valence-corrected chi connectivity index (χ2v) is 10.7. The summed E-state index contributed by atoms with van der Waals surface area (Å²) in [7, 11) is 0. The van der Waals surface area contributed by atoms with Crippen molar-refractivity contribution >= 4 is 39.0 Å². The summed E-state index contributed by atoms with van der Waals surface area (Å²) < 4.78 is 14.8. The third kappa shape index (κ3) is 4.53. The molecule has 0 radical (unpaired) electrons. The van der Waals surface area contributed by atoms with E-state index in [0.29, 0.717) is 44.5 Å². The van der Waals surface area contributed by atoms with Crippen molar-refractivity contribution in [3.8, 4) is 34.3 Å². The highest BCUT2D eigenvalue weighted by Gasteiger charge is 2.21. The molecule has 0 aliphatic carbocycles. The number of hydrogen-bond acceptors (Lipinski definition) is 9. The second-order valence-electron chi connectivity index (χ2n) is 9.68. The average Bonchev–Trinajstić information content (AvgIpc) is 3.78. The number of benzene rings is 3. The van der Waals surface area contributed by atoms with Gasteiger partial charge in [0, 0.05) is 34.3 Å². The molecule has 11 nitrogen and oxygen atoms in total. The van der Waals surface area contributed by atoms with Gasteiger partial charge in [-0.05, 0) is 50.3 Å². The van der Waals surface area contributed by atoms with Crippen molar-refractivity contribution in [1.82, 2.24) is 24.4 Å². The molecule has 3 aromatic carbocycles. The number of aromatic nitrogens is 5. The molecule has 0 fully saturated rings. The zero-order chi connectivity index (χ0) is 29.7. The quantitative estimate of drug-likeness (QED) is 0.174. The Morgan fingerprint density at radius 1 is 1.07 bits per heavy atom. The minimum absolute atomic E-state index is 0.170. The summed E-state index contributed by atoms with van der Waals surface area (Å²) in [5, 5.41) is 22.0. The SMILES string of the molecule is CCOc1ccc(-c2nn(-c3ccccc3)cc2/C=c2\sc3nc(-c4oc5ccccc5c4C)nn3c2=O)cc1[N+](=O)[O-]. The predicted molar refractivity (Wildman–Crippen MR) is 163 cm³/mol. The Labute approximate surface area is 247 Å². The van der Waals surface area contributed by atoms with Crippen LogP contribution in [0.3, 0.4) is 0 Å². The van der Waals surface area contributed by atoms with Crippen molar-refractivity contribution in [2.45, 2.75) is 13.8 Å². The summed E-state index contributed by atoms with van der Waals surface area (Å²) >= 11 is 1.19. The van der Waals surface area contributed by atoms with Gasteiger partial charge in [0.05, 0.1) is 21.7 Å². The number of thiazole rings is 1. The molecular weight excluding hydrogens is 568 g/mol. The number of para-hydroxylation sites is 2. The zero-order valence-corrected chi connectivity index (χ0v) is 23.7. The molecule has 7 rings (SSSR count). The van der Waals surface area contributed by atoms with Gasteiger partial charge in [0.15, 0.2) is 11.5 Å². The summed E-state index contributed by atoms with van der Waals surface area (Å²) in [5.74, 6) is 1.03. The molecular formula is C31H22N6O5S. The molecule has 43 heavy (non-hydrogen) atoms. The first-order chi connectivity index (χ1) is 20.9. The smallest absolute Gasteiger partial charge is 0.311 e. The molecule has 12 heteroatoms. The van der Waals surface area contributed by atoms with Crippen LogP contribution in [-0.4, -0.2) is 35.9 Å². The maximum Gasteiger partial charge on any atom is 0.311 e. The van der Waals surface area contributed by atoms with Crippen LogP contribution in [0, 0.1) is 17.0 Å². The monoisotopic (exact) mass is 590 g/mol. The number of nitrogens with zero attached hydrogens (tertiary/aromatic N) is 6. The van der Waals surface area contributed by atoms with Crippen LogP contribution in [0.5, 0.6) is 5.75 Å². The maximum absolute atomic E-state index is 13.5. The van der Waals surface area contributed by atoms with Gasteiger partial charge >= 0.3 is 5.69 Å². The van der Waals surface area contributed by atoms with Gasteiger partial charge < -0.3 is 9.15 Å². The predicted octanol–water partition coefficient (Wildman–Crippen LogP) is 5.58. The Balaban J connectivity index is 1.36. The van der Waals surface area contributed by atoms with Crippen LogP contribution < -0.4 is 14.8 Å². The molecule has 0 saturated heterocycles. The number of nitro groups is 1. The Morgan fingerprint density at radius 3 is 2.60 bits per heavy atom. The Bertz CT molecular complexity index is 2280. The van der Waals surface area contributed by atoms with Crippen molar-refractivity contribution in [1.29, 1.82) is 0 Å². The molecule has 0 aliphatic heterocycles. The van der Waals surface area contributed by atoms with Gasteiger partial charge in [0.2, 0.25) is 10.8 Å². The van der Waals surface area contributed by atoms with E-state index in [4.69, 9.17) is 14.3 Å². The van der Waals surface area contributed by atoms with E-state index in [1.54, 1.807) is 36.0 Å². The number of aryl methyl sites for hydroxylation is 1. The van der Waals surface area contributed by atoms with E-state index in [-0.39, 0.29) is 17.0 Å². The minimum atomic E-state index is -0.483. The molecule has 212 valence electrons. The minimum Gasteiger partial charge on any atom is -0.487 e. The lowest BCUT2D eigenvalue weighted by atomic mass is 10.1. The van der Waals surface area contributed by atoms with Gasteiger partial charge in [0.1, 0.15) is 11.3 Å². The fourth-order valence-electron chi connectivity index (χ4n) is 4.97. The molecule has 0 bridgehead atoms. The Kier molecular flexibility index (Phi) is 6.32. The first-order valence-corrected chi connectivity index (χ1v) is 14.2. The van der Waals surface area contributed by atoms with Crippen LogP contribution in [0.4, 0.5) is 5.69 Å². The van der Waals surface area contributed by atoms with Gasteiger partial charge in [-0.15, -0.1) is 5.10 Å². The normalized spacial score (nSPS) is 12.0. The molecule has 0 saturated carbocycles. The second kappa shape index (κ2) is 10.3. The molecule has 0 N–H and O–H groups in total. The topological polar surface area (TPSA) is 131 Å². The first-order valence-electron chi connectivity index (χ1n) is 13.4. The summed E-state index contributed by atoms with van der Waals surface area (Å²) in [6.45, 7) is 3.99. The van der Waals surface area contributed by atoms with Crippen LogP contribution in [0.2, 0.25) is 0 Å². The number of rotatable bonds is 7. The highest BCUT2D eigenvalue weighted by atomic mass is 32.1. The number of ether oxygens (including phenoxy) is 1. The average molecular weight is 591 g/mol. The lowest BCUT2D eigenvalue weighted by Gasteiger charge is -2.06. The first kappa shape index (κ1) is 26.3. The molecule has 0 atom stereocenters. The van der Waals surface area contributed by atoms with E-state index in [9.17, 15) is 14.9 Å². The number of hydrogen-bond donors (Lipinski definition) is 0. The van der Waals surface area contributed by atoms with Crippen LogP contribution >= 0.6 is 11.3 Å². The van der Waals surface area contributed by atoms with Crippen LogP contribution in [0.25, 0.3) is 50.5 Å². The summed E-state index contributed by atoms with van der Waals surface area (Å²) in [4.78, 5) is 29.9. The third-order valence-corrected chi connectivity index (χ3v) is 7.97. The van der Waals surface area contributed by atoms with Crippen molar-refractivity contribution in [2.75, 3.05) is 6.61 Å². The van der Waals surface area contributed by atoms with Gasteiger partial charge in [-0.2, -0.15) is 14.6 Å². The fourth-order valence-corrected chi connectivity index (χ4v) is 5.87. The number of nitro benzene ring substituents is 1. The molecule has 4 heterocycles. The van der Waals surface area contributed by atoms with Crippen molar-refractivity contribution in [3.05, 3.63) is 115 Å².